The Morgan fingerprint density at radius 2 is 2.00 bits per heavy atom. The van der Waals surface area contributed by atoms with E-state index in [0.717, 1.165) is 12.2 Å². The Balaban J connectivity index is 1.42. The van der Waals surface area contributed by atoms with Crippen LogP contribution in [-0.2, 0) is 9.53 Å². The Bertz CT molecular complexity index is 939. The molecule has 0 saturated heterocycles. The molecule has 2 atom stereocenters. The van der Waals surface area contributed by atoms with E-state index in [1.165, 1.54) is 0 Å². The fourth-order valence-electron chi connectivity index (χ4n) is 3.06. The lowest BCUT2D eigenvalue weighted by molar-refractivity contribution is -0.129. The van der Waals surface area contributed by atoms with E-state index in [1.54, 1.807) is 24.3 Å². The number of furan rings is 1. The van der Waals surface area contributed by atoms with Gasteiger partial charge < -0.3 is 18.6 Å². The van der Waals surface area contributed by atoms with E-state index in [2.05, 4.69) is 11.9 Å². The average molecular weight is 337 g/mol. The minimum atomic E-state index is -0.495. The number of hydrogen-bond acceptors (Lipinski definition) is 6. The van der Waals surface area contributed by atoms with Crippen molar-refractivity contribution < 1.29 is 23.4 Å². The molecule has 3 aliphatic rings. The van der Waals surface area contributed by atoms with Gasteiger partial charge in [-0.3, -0.25) is 0 Å². The van der Waals surface area contributed by atoms with Gasteiger partial charge in [-0.2, -0.15) is 0 Å². The molecule has 1 aliphatic carbocycles. The third-order valence-corrected chi connectivity index (χ3v) is 4.64. The van der Waals surface area contributed by atoms with Crippen LogP contribution < -0.4 is 9.47 Å². The zero-order chi connectivity index (χ0) is 17.0. The number of cyclic esters (lactones) is 1. The first-order valence-corrected chi connectivity index (χ1v) is 8.20. The number of hydrogen-bond donors (Lipinski definition) is 0. The van der Waals surface area contributed by atoms with Crippen molar-refractivity contribution in [2.24, 2.45) is 10.9 Å². The molecule has 0 radical (unpaired) electrons. The third kappa shape index (κ3) is 2.50. The van der Waals surface area contributed by atoms with Crippen LogP contribution in [0.25, 0.3) is 6.08 Å². The maximum atomic E-state index is 12.1. The number of carbonyl (C=O) groups is 1. The van der Waals surface area contributed by atoms with E-state index in [4.69, 9.17) is 18.6 Å². The molecule has 2 aromatic rings. The first kappa shape index (κ1) is 14.3. The van der Waals surface area contributed by atoms with Crippen molar-refractivity contribution in [2.75, 3.05) is 6.79 Å². The maximum absolute atomic E-state index is 12.1. The number of fused-ring (bicyclic) bond motifs is 1. The van der Waals surface area contributed by atoms with Gasteiger partial charge in [-0.15, -0.1) is 0 Å². The van der Waals surface area contributed by atoms with Crippen molar-refractivity contribution >= 4 is 17.9 Å². The Labute approximate surface area is 143 Å². The molecule has 25 heavy (non-hydrogen) atoms. The second kappa shape index (κ2) is 5.24. The van der Waals surface area contributed by atoms with Crippen LogP contribution in [-0.4, -0.2) is 18.7 Å². The fraction of sp³-hybridized carbons (Fsp3) is 0.263. The van der Waals surface area contributed by atoms with Crippen molar-refractivity contribution in [3.8, 4) is 11.5 Å². The monoisotopic (exact) mass is 337 g/mol. The van der Waals surface area contributed by atoms with Crippen molar-refractivity contribution in [3.05, 3.63) is 53.1 Å². The molecule has 2 aliphatic heterocycles. The lowest BCUT2D eigenvalue weighted by Gasteiger charge is -2.01. The quantitative estimate of drug-likeness (QED) is 0.633. The topological polar surface area (TPSA) is 70.3 Å². The van der Waals surface area contributed by atoms with Crippen molar-refractivity contribution in [3.63, 3.8) is 0 Å². The molecule has 0 unspecified atom stereocenters. The highest BCUT2D eigenvalue weighted by molar-refractivity contribution is 6.12. The van der Waals surface area contributed by atoms with Crippen LogP contribution in [0.2, 0.25) is 0 Å². The average Bonchev–Trinajstić information content (AvgIpc) is 3.03. The number of esters is 1. The molecule has 0 N–H and O–H groups in total. The van der Waals surface area contributed by atoms with E-state index < -0.39 is 5.97 Å². The molecule has 0 spiro atoms. The summed E-state index contributed by atoms with van der Waals surface area (Å²) in [5.41, 5.74) is 0.880. The SMILES string of the molecule is C[C@H]1C[C@@H]1c1ccc(/C=C2\N=C(c3ccc4c(c3)OCO4)OC2=O)o1. The van der Waals surface area contributed by atoms with Gasteiger partial charge in [-0.05, 0) is 42.7 Å². The molecule has 3 heterocycles. The Hall–Kier alpha value is -3.02. The summed E-state index contributed by atoms with van der Waals surface area (Å²) in [5, 5.41) is 0. The number of ether oxygens (including phenoxy) is 3. The predicted molar refractivity (Wildman–Crippen MR) is 88.4 cm³/mol. The van der Waals surface area contributed by atoms with E-state index in [-0.39, 0.29) is 18.4 Å². The number of benzene rings is 1. The molecule has 5 rings (SSSR count). The number of aliphatic imine (C=N–C) groups is 1. The van der Waals surface area contributed by atoms with Gasteiger partial charge in [0, 0.05) is 17.6 Å². The number of rotatable bonds is 3. The molecule has 0 bridgehead atoms. The lowest BCUT2D eigenvalue weighted by atomic mass is 10.2. The van der Waals surface area contributed by atoms with Crippen LogP contribution in [0, 0.1) is 5.92 Å². The number of carbonyl (C=O) groups excluding carboxylic acids is 1. The Morgan fingerprint density at radius 1 is 1.16 bits per heavy atom. The summed E-state index contributed by atoms with van der Waals surface area (Å²) in [4.78, 5) is 16.4. The van der Waals surface area contributed by atoms with Gasteiger partial charge in [-0.25, -0.2) is 9.79 Å². The summed E-state index contributed by atoms with van der Waals surface area (Å²) in [6, 6.07) is 9.11. The van der Waals surface area contributed by atoms with Crippen molar-refractivity contribution in [2.45, 2.75) is 19.3 Å². The van der Waals surface area contributed by atoms with Crippen LogP contribution in [0.15, 0.2) is 45.4 Å². The van der Waals surface area contributed by atoms with Gasteiger partial charge >= 0.3 is 5.97 Å². The number of nitrogens with zero attached hydrogens (tertiary/aromatic N) is 1. The van der Waals surface area contributed by atoms with Crippen molar-refractivity contribution in [1.82, 2.24) is 0 Å². The molecule has 126 valence electrons. The maximum Gasteiger partial charge on any atom is 0.363 e. The minimum absolute atomic E-state index is 0.191. The van der Waals surface area contributed by atoms with Crippen LogP contribution in [0.4, 0.5) is 0 Å². The van der Waals surface area contributed by atoms with Crippen LogP contribution in [0.1, 0.15) is 36.3 Å². The predicted octanol–water partition coefficient (Wildman–Crippen LogP) is 3.48. The summed E-state index contributed by atoms with van der Waals surface area (Å²) in [7, 11) is 0. The van der Waals surface area contributed by atoms with Crippen molar-refractivity contribution in [1.29, 1.82) is 0 Å². The second-order valence-corrected chi connectivity index (χ2v) is 6.46. The highest BCUT2D eigenvalue weighted by Gasteiger charge is 2.36. The molecule has 1 aromatic heterocycles. The molecule has 1 aromatic carbocycles. The van der Waals surface area contributed by atoms with E-state index in [9.17, 15) is 4.79 Å². The van der Waals surface area contributed by atoms with Gasteiger partial charge in [-0.1, -0.05) is 6.92 Å². The smallest absolute Gasteiger partial charge is 0.363 e. The van der Waals surface area contributed by atoms with Gasteiger partial charge in [0.2, 0.25) is 12.7 Å². The molecule has 0 amide bonds. The van der Waals surface area contributed by atoms with Gasteiger partial charge in [0.05, 0.1) is 0 Å². The van der Waals surface area contributed by atoms with Crippen LogP contribution in [0.3, 0.4) is 0 Å². The summed E-state index contributed by atoms with van der Waals surface area (Å²) in [5.74, 6) is 3.77. The van der Waals surface area contributed by atoms with Gasteiger partial charge in [0.1, 0.15) is 11.5 Å². The third-order valence-electron chi connectivity index (χ3n) is 4.64. The summed E-state index contributed by atoms with van der Waals surface area (Å²) >= 11 is 0. The highest BCUT2D eigenvalue weighted by atomic mass is 16.7. The molecule has 1 saturated carbocycles. The van der Waals surface area contributed by atoms with Gasteiger partial charge in [0.25, 0.3) is 0 Å². The summed E-state index contributed by atoms with van der Waals surface area (Å²) in [6.45, 7) is 2.39. The van der Waals surface area contributed by atoms with E-state index in [1.807, 2.05) is 12.1 Å². The zero-order valence-electron chi connectivity index (χ0n) is 13.5. The lowest BCUT2D eigenvalue weighted by Crippen LogP contribution is -2.05. The molecular weight excluding hydrogens is 322 g/mol. The fourth-order valence-corrected chi connectivity index (χ4v) is 3.06. The normalized spacial score (nSPS) is 25.2. The summed E-state index contributed by atoms with van der Waals surface area (Å²) in [6.07, 6.45) is 2.76. The second-order valence-electron chi connectivity index (χ2n) is 6.46. The zero-order valence-corrected chi connectivity index (χ0v) is 13.5. The largest absolute Gasteiger partial charge is 0.461 e. The van der Waals surface area contributed by atoms with Gasteiger partial charge in [0.15, 0.2) is 17.2 Å². The van der Waals surface area contributed by atoms with E-state index >= 15 is 0 Å². The van der Waals surface area contributed by atoms with E-state index in [0.29, 0.717) is 34.7 Å². The molecular formula is C19H15NO5. The van der Waals surface area contributed by atoms with Crippen LogP contribution in [0.5, 0.6) is 11.5 Å². The molecule has 6 heteroatoms. The first-order valence-electron chi connectivity index (χ1n) is 8.20. The van der Waals surface area contributed by atoms with Crippen LogP contribution >= 0.6 is 0 Å². The standard InChI is InChI=1S/C19H15NO5/c1-10-6-13(10)15-5-3-12(24-15)8-14-19(21)25-18(20-14)11-2-4-16-17(7-11)23-9-22-16/h2-5,7-8,10,13H,6,9H2,1H3/b14-8-/t10-,13-/m0/s1. The molecule has 6 nitrogen and oxygen atoms in total. The highest BCUT2D eigenvalue weighted by Crippen LogP contribution is 2.47. The summed E-state index contributed by atoms with van der Waals surface area (Å²) < 4.78 is 21.7. The Morgan fingerprint density at radius 3 is 2.84 bits per heavy atom. The Kier molecular flexibility index (Phi) is 3.00. The minimum Gasteiger partial charge on any atom is -0.461 e. The molecule has 1 fully saturated rings. The first-order chi connectivity index (χ1) is 12.2.